The van der Waals surface area contributed by atoms with Gasteiger partial charge in [-0.15, -0.1) is 12.3 Å². The van der Waals surface area contributed by atoms with Crippen LogP contribution in [0.15, 0.2) is 0 Å². The molecule has 0 spiro atoms. The molecule has 3 rings (SSSR count). The highest BCUT2D eigenvalue weighted by atomic mass is 32.1. The Balaban J connectivity index is 1.75. The number of nitrogens with one attached hydrogen (secondary N) is 8. The molecular weight excluding hydrogens is 494 g/mol. The quantitative estimate of drug-likeness (QED) is 0.0930. The highest BCUT2D eigenvalue weighted by molar-refractivity contribution is 7.80. The third-order valence-corrected chi connectivity index (χ3v) is 7.67. The Hall–Kier alpha value is -1.03. The van der Waals surface area contributed by atoms with E-state index in [1.807, 2.05) is 0 Å². The van der Waals surface area contributed by atoms with Crippen LogP contribution in [-0.4, -0.2) is 101 Å². The third kappa shape index (κ3) is 15.5. The largest absolute Gasteiger partial charge is 0.363 e. The van der Waals surface area contributed by atoms with E-state index in [0.717, 1.165) is 103 Å². The summed E-state index contributed by atoms with van der Waals surface area (Å²) in [6, 6.07) is 0. The molecule has 0 aliphatic carbocycles. The van der Waals surface area contributed by atoms with Crippen molar-refractivity contribution in [1.29, 1.82) is 0 Å². The van der Waals surface area contributed by atoms with Gasteiger partial charge in [-0.05, 0) is 25.1 Å². The van der Waals surface area contributed by atoms with E-state index in [1.54, 1.807) is 0 Å². The van der Waals surface area contributed by atoms with Crippen molar-refractivity contribution in [3.05, 3.63) is 0 Å². The molecule has 0 saturated carbocycles. The van der Waals surface area contributed by atoms with Gasteiger partial charge in [-0.2, -0.15) is 0 Å². The topological polar surface area (TPSA) is 122 Å². The molecule has 220 valence electrons. The van der Waals surface area contributed by atoms with Crippen LogP contribution in [0.3, 0.4) is 0 Å². The van der Waals surface area contributed by atoms with E-state index >= 15 is 0 Å². The van der Waals surface area contributed by atoms with E-state index in [0.29, 0.717) is 0 Å². The molecule has 10 N–H and O–H groups in total. The number of fused-ring (bicyclic) bond motifs is 15. The standard InChI is InChI=1S/C28H57N9S/c1-2-3-4-5-6-7-8-9-10-11-12-13-36-26(38)37-28-23-33-17-14-30-20-27(29,21-31-15-18-34-24-28)22-32-16-19-35-25-28/h1,30-35H,3-25,29H2,(H2,36,37,38). The summed E-state index contributed by atoms with van der Waals surface area (Å²) in [6.07, 6.45) is 17.7. The fraction of sp³-hybridized carbons (Fsp3) is 0.893. The minimum absolute atomic E-state index is 0.226. The summed E-state index contributed by atoms with van der Waals surface area (Å²) in [6.45, 7) is 11.0. The van der Waals surface area contributed by atoms with E-state index in [4.69, 9.17) is 24.4 Å². The molecule has 0 amide bonds. The van der Waals surface area contributed by atoms with Crippen LogP contribution in [0, 0.1) is 12.3 Å². The van der Waals surface area contributed by atoms with E-state index in [-0.39, 0.29) is 11.1 Å². The predicted molar refractivity (Wildman–Crippen MR) is 166 cm³/mol. The molecule has 38 heavy (non-hydrogen) atoms. The van der Waals surface area contributed by atoms with Crippen molar-refractivity contribution in [3.8, 4) is 12.3 Å². The van der Waals surface area contributed by atoms with Gasteiger partial charge in [0.05, 0.1) is 11.1 Å². The highest BCUT2D eigenvalue weighted by Crippen LogP contribution is 2.10. The fourth-order valence-corrected chi connectivity index (χ4v) is 5.43. The predicted octanol–water partition coefficient (Wildman–Crippen LogP) is -0.0142. The molecule has 3 aliphatic rings. The monoisotopic (exact) mass is 551 g/mol. The second-order valence-corrected chi connectivity index (χ2v) is 11.6. The Kier molecular flexibility index (Phi) is 18.2. The lowest BCUT2D eigenvalue weighted by molar-refractivity contribution is 0.298. The van der Waals surface area contributed by atoms with Gasteiger partial charge >= 0.3 is 0 Å². The molecule has 0 radical (unpaired) electrons. The molecular formula is C28H57N9S. The molecule has 3 fully saturated rings. The van der Waals surface area contributed by atoms with Gasteiger partial charge in [0.25, 0.3) is 0 Å². The Morgan fingerprint density at radius 1 is 0.658 bits per heavy atom. The molecule has 3 heterocycles. The zero-order valence-corrected chi connectivity index (χ0v) is 24.6. The molecule has 0 atom stereocenters. The van der Waals surface area contributed by atoms with E-state index < -0.39 is 0 Å². The van der Waals surface area contributed by atoms with Gasteiger partial charge in [0.2, 0.25) is 0 Å². The smallest absolute Gasteiger partial charge is 0.166 e. The van der Waals surface area contributed by atoms with Crippen LogP contribution in [0.2, 0.25) is 0 Å². The minimum atomic E-state index is -0.306. The molecule has 0 aromatic rings. The van der Waals surface area contributed by atoms with Gasteiger partial charge in [-0.25, -0.2) is 0 Å². The number of terminal acetylenes is 1. The number of unbranched alkanes of at least 4 members (excludes halogenated alkanes) is 9. The van der Waals surface area contributed by atoms with Gasteiger partial charge in [0.1, 0.15) is 0 Å². The summed E-state index contributed by atoms with van der Waals surface area (Å²) in [5.41, 5.74) is 6.16. The summed E-state index contributed by atoms with van der Waals surface area (Å²) in [7, 11) is 0. The Labute approximate surface area is 238 Å². The van der Waals surface area contributed by atoms with Crippen molar-refractivity contribution >= 4 is 17.3 Å². The fourth-order valence-electron chi connectivity index (χ4n) is 5.11. The number of nitrogens with two attached hydrogens (primary N) is 1. The van der Waals surface area contributed by atoms with E-state index in [1.165, 1.54) is 51.4 Å². The second kappa shape index (κ2) is 20.8. The summed E-state index contributed by atoms with van der Waals surface area (Å²) in [4.78, 5) is 0. The first kappa shape index (κ1) is 33.2. The van der Waals surface area contributed by atoms with Crippen molar-refractivity contribution in [3.63, 3.8) is 0 Å². The first-order valence-electron chi connectivity index (χ1n) is 15.1. The first-order chi connectivity index (χ1) is 18.6. The zero-order valence-electron chi connectivity index (χ0n) is 23.8. The van der Waals surface area contributed by atoms with Crippen molar-refractivity contribution < 1.29 is 0 Å². The summed E-state index contributed by atoms with van der Waals surface area (Å²) in [5.74, 6) is 2.73. The zero-order chi connectivity index (χ0) is 27.2. The average Bonchev–Trinajstić information content (AvgIpc) is 2.90. The van der Waals surface area contributed by atoms with Crippen LogP contribution in [0.4, 0.5) is 0 Å². The molecule has 0 unspecified atom stereocenters. The molecule has 0 aromatic heterocycles. The molecule has 9 nitrogen and oxygen atoms in total. The average molecular weight is 552 g/mol. The normalized spacial score (nSPS) is 26.1. The molecule has 10 heteroatoms. The van der Waals surface area contributed by atoms with Crippen molar-refractivity contribution in [2.24, 2.45) is 5.73 Å². The Morgan fingerprint density at radius 3 is 1.50 bits per heavy atom. The lowest BCUT2D eigenvalue weighted by Gasteiger charge is -2.38. The van der Waals surface area contributed by atoms with Crippen LogP contribution in [0.5, 0.6) is 0 Å². The maximum absolute atomic E-state index is 6.70. The van der Waals surface area contributed by atoms with Crippen LogP contribution < -0.4 is 48.3 Å². The van der Waals surface area contributed by atoms with E-state index in [9.17, 15) is 0 Å². The van der Waals surface area contributed by atoms with Crippen molar-refractivity contribution in [2.45, 2.75) is 75.3 Å². The molecule has 2 bridgehead atoms. The Bertz CT molecular complexity index is 611. The number of rotatable bonds is 12. The van der Waals surface area contributed by atoms with Crippen LogP contribution in [0.1, 0.15) is 64.2 Å². The summed E-state index contributed by atoms with van der Waals surface area (Å²) >= 11 is 5.76. The highest BCUT2D eigenvalue weighted by Gasteiger charge is 2.31. The minimum Gasteiger partial charge on any atom is -0.363 e. The van der Waals surface area contributed by atoms with E-state index in [2.05, 4.69) is 48.5 Å². The van der Waals surface area contributed by atoms with Gasteiger partial charge in [0, 0.05) is 91.5 Å². The lowest BCUT2D eigenvalue weighted by atomic mass is 9.98. The molecule has 3 saturated heterocycles. The van der Waals surface area contributed by atoms with Gasteiger partial charge in [-0.3, -0.25) is 0 Å². The van der Waals surface area contributed by atoms with Crippen LogP contribution in [0.25, 0.3) is 0 Å². The van der Waals surface area contributed by atoms with Gasteiger partial charge in [0.15, 0.2) is 5.11 Å². The molecule has 0 aromatic carbocycles. The second-order valence-electron chi connectivity index (χ2n) is 11.2. The number of thiocarbonyl (C=S) groups is 1. The number of hydrogen-bond acceptors (Lipinski definition) is 8. The molecule has 3 aliphatic heterocycles. The first-order valence-corrected chi connectivity index (χ1v) is 15.5. The third-order valence-electron chi connectivity index (χ3n) is 7.42. The van der Waals surface area contributed by atoms with Gasteiger partial charge in [-0.1, -0.05) is 44.9 Å². The van der Waals surface area contributed by atoms with Crippen LogP contribution in [-0.2, 0) is 0 Å². The summed E-state index contributed by atoms with van der Waals surface area (Å²) in [5, 5.41) is 29.5. The lowest BCUT2D eigenvalue weighted by Crippen LogP contribution is -2.68. The van der Waals surface area contributed by atoms with Gasteiger partial charge < -0.3 is 48.3 Å². The van der Waals surface area contributed by atoms with Crippen LogP contribution >= 0.6 is 12.2 Å². The van der Waals surface area contributed by atoms with Crippen molar-refractivity contribution in [2.75, 3.05) is 85.1 Å². The summed E-state index contributed by atoms with van der Waals surface area (Å²) < 4.78 is 0. The maximum atomic E-state index is 6.70. The maximum Gasteiger partial charge on any atom is 0.166 e. The van der Waals surface area contributed by atoms with Crippen molar-refractivity contribution in [1.82, 2.24) is 42.5 Å². The SMILES string of the molecule is C#CCCCCCCCCCCCNC(=S)NC12CNCCNCC(N)(CNCCNC1)CNCCNC2. The Morgan fingerprint density at radius 2 is 1.05 bits per heavy atom. The number of hydrogen-bond donors (Lipinski definition) is 9.